The van der Waals surface area contributed by atoms with E-state index < -0.39 is 11.0 Å². The third-order valence-electron chi connectivity index (χ3n) is 1.92. The Morgan fingerprint density at radius 2 is 1.92 bits per heavy atom. The Morgan fingerprint density at radius 3 is 2.25 bits per heavy atom. The highest BCUT2D eigenvalue weighted by Gasteiger charge is 2.26. The van der Waals surface area contributed by atoms with Crippen molar-refractivity contribution in [2.75, 3.05) is 0 Å². The van der Waals surface area contributed by atoms with Gasteiger partial charge in [0, 0.05) is 5.71 Å². The van der Waals surface area contributed by atoms with Gasteiger partial charge < -0.3 is 0 Å². The standard InChI is InChI=1S/C9H17NOS/c1-7(8-5-6-8)10-12(11)9(2,3)4/h8H,5-6H2,1-4H3. The van der Waals surface area contributed by atoms with E-state index in [2.05, 4.69) is 4.40 Å². The zero-order valence-corrected chi connectivity index (χ0v) is 9.07. The average Bonchev–Trinajstić information content (AvgIpc) is 2.65. The first-order valence-corrected chi connectivity index (χ1v) is 5.49. The van der Waals surface area contributed by atoms with Crippen LogP contribution >= 0.6 is 0 Å². The molecule has 0 spiro atoms. The summed E-state index contributed by atoms with van der Waals surface area (Å²) in [5.74, 6) is 0.635. The van der Waals surface area contributed by atoms with Gasteiger partial charge in [0.05, 0.1) is 4.75 Å². The summed E-state index contributed by atoms with van der Waals surface area (Å²) >= 11 is 0. The average molecular weight is 187 g/mol. The highest BCUT2D eigenvalue weighted by atomic mass is 32.2. The fraction of sp³-hybridized carbons (Fsp3) is 0.889. The fourth-order valence-corrected chi connectivity index (χ4v) is 1.53. The van der Waals surface area contributed by atoms with Gasteiger partial charge in [0.2, 0.25) is 0 Å². The van der Waals surface area contributed by atoms with Crippen LogP contribution in [0.2, 0.25) is 0 Å². The fourth-order valence-electron chi connectivity index (χ4n) is 0.843. The Morgan fingerprint density at radius 1 is 1.42 bits per heavy atom. The van der Waals surface area contributed by atoms with Crippen LogP contribution in [0.15, 0.2) is 4.40 Å². The first kappa shape index (κ1) is 9.90. The van der Waals surface area contributed by atoms with Gasteiger partial charge in [0.1, 0.15) is 11.0 Å². The van der Waals surface area contributed by atoms with Crippen LogP contribution in [0.4, 0.5) is 0 Å². The van der Waals surface area contributed by atoms with Gasteiger partial charge in [-0.25, -0.2) is 4.21 Å². The monoisotopic (exact) mass is 187 g/mol. The Balaban J connectivity index is 2.59. The van der Waals surface area contributed by atoms with E-state index in [1.54, 1.807) is 0 Å². The minimum Gasteiger partial charge on any atom is -0.234 e. The lowest BCUT2D eigenvalue weighted by atomic mass is 10.3. The zero-order chi connectivity index (χ0) is 9.35. The van der Waals surface area contributed by atoms with Gasteiger partial charge in [0.15, 0.2) is 0 Å². The van der Waals surface area contributed by atoms with Crippen molar-refractivity contribution in [3.05, 3.63) is 0 Å². The summed E-state index contributed by atoms with van der Waals surface area (Å²) in [6, 6.07) is 0. The molecule has 1 atom stereocenters. The van der Waals surface area contributed by atoms with E-state index in [9.17, 15) is 4.21 Å². The van der Waals surface area contributed by atoms with Gasteiger partial charge in [-0.2, -0.15) is 4.40 Å². The maximum Gasteiger partial charge on any atom is 0.144 e. The molecule has 1 unspecified atom stereocenters. The summed E-state index contributed by atoms with van der Waals surface area (Å²) in [6.07, 6.45) is 2.47. The van der Waals surface area contributed by atoms with E-state index in [4.69, 9.17) is 0 Å². The van der Waals surface area contributed by atoms with Crippen LogP contribution in [0.3, 0.4) is 0 Å². The predicted molar refractivity (Wildman–Crippen MR) is 53.7 cm³/mol. The molecule has 0 aromatic heterocycles. The van der Waals surface area contributed by atoms with Crippen LogP contribution in [-0.2, 0) is 11.0 Å². The first-order chi connectivity index (χ1) is 5.41. The number of hydrogen-bond acceptors (Lipinski definition) is 1. The summed E-state index contributed by atoms with van der Waals surface area (Å²) in [6.45, 7) is 7.84. The van der Waals surface area contributed by atoms with Crippen LogP contribution in [-0.4, -0.2) is 14.7 Å². The summed E-state index contributed by atoms with van der Waals surface area (Å²) in [5.41, 5.74) is 1.07. The van der Waals surface area contributed by atoms with Gasteiger partial charge in [-0.1, -0.05) is 0 Å². The molecule has 0 aromatic rings. The van der Waals surface area contributed by atoms with Crippen LogP contribution in [0, 0.1) is 5.92 Å². The molecule has 1 aliphatic rings. The van der Waals surface area contributed by atoms with Crippen molar-refractivity contribution < 1.29 is 4.21 Å². The van der Waals surface area contributed by atoms with Gasteiger partial charge in [0.25, 0.3) is 0 Å². The van der Waals surface area contributed by atoms with Crippen molar-refractivity contribution in [2.24, 2.45) is 10.3 Å². The highest BCUT2D eigenvalue weighted by molar-refractivity contribution is 7.85. The van der Waals surface area contributed by atoms with Crippen LogP contribution in [0.5, 0.6) is 0 Å². The predicted octanol–water partition coefficient (Wildman–Crippen LogP) is 2.32. The van der Waals surface area contributed by atoms with Crippen molar-refractivity contribution >= 4 is 16.7 Å². The second kappa shape index (κ2) is 3.29. The third kappa shape index (κ3) is 2.70. The topological polar surface area (TPSA) is 29.4 Å². The molecule has 1 fully saturated rings. The lowest BCUT2D eigenvalue weighted by Crippen LogP contribution is -2.20. The van der Waals surface area contributed by atoms with Crippen molar-refractivity contribution in [1.82, 2.24) is 0 Å². The normalized spacial score (nSPS) is 22.5. The molecule has 0 aliphatic heterocycles. The second-order valence-electron chi connectivity index (χ2n) is 4.37. The van der Waals surface area contributed by atoms with Gasteiger partial charge in [-0.05, 0) is 46.5 Å². The molecule has 2 nitrogen and oxygen atoms in total. The van der Waals surface area contributed by atoms with E-state index in [0.717, 1.165) is 5.71 Å². The Bertz CT molecular complexity index is 223. The Labute approximate surface area is 77.1 Å². The SMILES string of the molecule is CC(=NS(=O)C(C)(C)C)C1CC1. The molecule has 1 aliphatic carbocycles. The summed E-state index contributed by atoms with van der Waals surface area (Å²) in [5, 5.41) is 0. The molecule has 0 radical (unpaired) electrons. The molecular weight excluding hydrogens is 170 g/mol. The first-order valence-electron chi connectivity index (χ1n) is 4.38. The third-order valence-corrected chi connectivity index (χ3v) is 3.42. The lowest BCUT2D eigenvalue weighted by molar-refractivity contribution is 0.650. The molecule has 12 heavy (non-hydrogen) atoms. The second-order valence-corrected chi connectivity index (χ2v) is 6.27. The molecule has 3 heteroatoms. The molecule has 1 rings (SSSR count). The van der Waals surface area contributed by atoms with E-state index in [1.807, 2.05) is 27.7 Å². The molecular formula is C9H17NOS. The van der Waals surface area contributed by atoms with E-state index in [1.165, 1.54) is 12.8 Å². The van der Waals surface area contributed by atoms with Gasteiger partial charge >= 0.3 is 0 Å². The molecule has 0 saturated heterocycles. The van der Waals surface area contributed by atoms with Crippen LogP contribution in [0.1, 0.15) is 40.5 Å². The number of rotatable bonds is 2. The van der Waals surface area contributed by atoms with Gasteiger partial charge in [-0.3, -0.25) is 0 Å². The highest BCUT2D eigenvalue weighted by Crippen LogP contribution is 2.31. The van der Waals surface area contributed by atoms with E-state index in [-0.39, 0.29) is 4.75 Å². The maximum atomic E-state index is 11.5. The lowest BCUT2D eigenvalue weighted by Gasteiger charge is -2.13. The largest absolute Gasteiger partial charge is 0.234 e. The molecule has 0 amide bonds. The van der Waals surface area contributed by atoms with Crippen molar-refractivity contribution in [1.29, 1.82) is 0 Å². The number of nitrogens with zero attached hydrogens (tertiary/aromatic N) is 1. The van der Waals surface area contributed by atoms with Crippen molar-refractivity contribution in [3.8, 4) is 0 Å². The Hall–Kier alpha value is -0.180. The van der Waals surface area contributed by atoms with Crippen molar-refractivity contribution in [2.45, 2.75) is 45.3 Å². The molecule has 70 valence electrons. The van der Waals surface area contributed by atoms with Crippen LogP contribution in [0.25, 0.3) is 0 Å². The molecule has 0 N–H and O–H groups in total. The minimum absolute atomic E-state index is 0.212. The minimum atomic E-state index is -1.06. The molecule has 1 saturated carbocycles. The summed E-state index contributed by atoms with van der Waals surface area (Å²) in [4.78, 5) is 0. The van der Waals surface area contributed by atoms with E-state index in [0.29, 0.717) is 5.92 Å². The molecule has 0 bridgehead atoms. The maximum absolute atomic E-state index is 11.5. The van der Waals surface area contributed by atoms with Crippen molar-refractivity contribution in [3.63, 3.8) is 0 Å². The zero-order valence-electron chi connectivity index (χ0n) is 8.26. The van der Waals surface area contributed by atoms with E-state index >= 15 is 0 Å². The summed E-state index contributed by atoms with van der Waals surface area (Å²) < 4.78 is 15.5. The summed E-state index contributed by atoms with van der Waals surface area (Å²) in [7, 11) is -1.06. The quantitative estimate of drug-likeness (QED) is 0.610. The van der Waals surface area contributed by atoms with Crippen LogP contribution < -0.4 is 0 Å². The molecule has 0 heterocycles. The smallest absolute Gasteiger partial charge is 0.144 e. The molecule has 0 aromatic carbocycles. The Kier molecular flexibility index (Phi) is 2.71. The number of hydrogen-bond donors (Lipinski definition) is 0. The van der Waals surface area contributed by atoms with Gasteiger partial charge in [-0.15, -0.1) is 0 Å².